The Morgan fingerprint density at radius 1 is 1.44 bits per heavy atom. The van der Waals surface area contributed by atoms with Crippen molar-refractivity contribution in [2.24, 2.45) is 0 Å². The third kappa shape index (κ3) is 1.91. The molecule has 0 amide bonds. The summed E-state index contributed by atoms with van der Waals surface area (Å²) in [5.74, 6) is 1.33. The Morgan fingerprint density at radius 3 is 3.17 bits per heavy atom. The van der Waals surface area contributed by atoms with Gasteiger partial charge in [-0.25, -0.2) is 0 Å². The average Bonchev–Trinajstić information content (AvgIpc) is 2.85. The van der Waals surface area contributed by atoms with E-state index in [-0.39, 0.29) is 12.6 Å². The largest absolute Gasteiger partial charge is 0.394 e. The molecule has 1 atom stereocenters. The molecular weight excluding hydrogens is 254 g/mol. The van der Waals surface area contributed by atoms with Crippen molar-refractivity contribution in [1.82, 2.24) is 19.6 Å². The van der Waals surface area contributed by atoms with E-state index in [1.807, 2.05) is 0 Å². The number of aliphatic hydroxyl groups is 1. The van der Waals surface area contributed by atoms with Crippen molar-refractivity contribution in [3.63, 3.8) is 0 Å². The molecule has 96 valence electrons. The number of aliphatic hydroxyl groups excluding tert-OH is 1. The fourth-order valence-electron chi connectivity index (χ4n) is 2.47. The maximum Gasteiger partial charge on any atom is 0.255 e. The summed E-state index contributed by atoms with van der Waals surface area (Å²) in [7, 11) is 0. The van der Waals surface area contributed by atoms with Crippen LogP contribution in [0.2, 0.25) is 5.15 Å². The van der Waals surface area contributed by atoms with E-state index in [0.717, 1.165) is 31.6 Å². The van der Waals surface area contributed by atoms with Gasteiger partial charge < -0.3 is 10.0 Å². The average molecular weight is 268 g/mol. The molecular formula is C11H14ClN5O. The van der Waals surface area contributed by atoms with Crippen LogP contribution in [0, 0.1) is 0 Å². The molecule has 1 fully saturated rings. The third-order valence-corrected chi connectivity index (χ3v) is 3.53. The maximum atomic E-state index is 9.48. The minimum atomic E-state index is 0.115. The Balaban J connectivity index is 2.08. The molecule has 1 aliphatic heterocycles. The van der Waals surface area contributed by atoms with Gasteiger partial charge in [-0.2, -0.15) is 19.6 Å². The SMILES string of the molecule is OCC1CCCCN1c1cc(Cl)nc2ncnn12. The molecule has 7 heteroatoms. The normalized spacial score (nSPS) is 20.6. The van der Waals surface area contributed by atoms with Crippen LogP contribution in [0.5, 0.6) is 0 Å². The van der Waals surface area contributed by atoms with Crippen molar-refractivity contribution in [2.45, 2.75) is 25.3 Å². The number of nitrogens with zero attached hydrogens (tertiary/aromatic N) is 5. The van der Waals surface area contributed by atoms with Crippen LogP contribution >= 0.6 is 11.6 Å². The smallest absolute Gasteiger partial charge is 0.255 e. The highest BCUT2D eigenvalue weighted by atomic mass is 35.5. The summed E-state index contributed by atoms with van der Waals surface area (Å²) in [4.78, 5) is 10.3. The van der Waals surface area contributed by atoms with Gasteiger partial charge in [0.25, 0.3) is 5.78 Å². The zero-order chi connectivity index (χ0) is 12.5. The van der Waals surface area contributed by atoms with Crippen molar-refractivity contribution < 1.29 is 5.11 Å². The first kappa shape index (κ1) is 11.7. The van der Waals surface area contributed by atoms with Crippen LogP contribution in [0.4, 0.5) is 5.82 Å². The molecule has 2 aromatic rings. The predicted octanol–water partition coefficient (Wildman–Crippen LogP) is 1.13. The summed E-state index contributed by atoms with van der Waals surface area (Å²) in [6.07, 6.45) is 4.68. The number of halogens is 1. The number of aromatic nitrogens is 4. The van der Waals surface area contributed by atoms with Crippen LogP contribution in [0.1, 0.15) is 19.3 Å². The number of hydrogen-bond donors (Lipinski definition) is 1. The van der Waals surface area contributed by atoms with Gasteiger partial charge in [0, 0.05) is 12.6 Å². The molecule has 0 radical (unpaired) electrons. The van der Waals surface area contributed by atoms with Gasteiger partial charge in [-0.3, -0.25) is 0 Å². The van der Waals surface area contributed by atoms with Crippen molar-refractivity contribution >= 4 is 23.2 Å². The molecule has 0 aromatic carbocycles. The third-order valence-electron chi connectivity index (χ3n) is 3.33. The first-order valence-electron chi connectivity index (χ1n) is 6.03. The summed E-state index contributed by atoms with van der Waals surface area (Å²) < 4.78 is 1.67. The fraction of sp³-hybridized carbons (Fsp3) is 0.545. The second-order valence-electron chi connectivity index (χ2n) is 4.43. The first-order chi connectivity index (χ1) is 8.79. The lowest BCUT2D eigenvalue weighted by Crippen LogP contribution is -2.43. The van der Waals surface area contributed by atoms with Gasteiger partial charge in [0.2, 0.25) is 0 Å². The van der Waals surface area contributed by atoms with E-state index in [0.29, 0.717) is 10.9 Å². The van der Waals surface area contributed by atoms with Crippen molar-refractivity contribution in [1.29, 1.82) is 0 Å². The fourth-order valence-corrected chi connectivity index (χ4v) is 2.64. The lowest BCUT2D eigenvalue weighted by atomic mass is 10.0. The Morgan fingerprint density at radius 2 is 2.33 bits per heavy atom. The highest BCUT2D eigenvalue weighted by Crippen LogP contribution is 2.26. The van der Waals surface area contributed by atoms with E-state index in [1.165, 1.54) is 6.33 Å². The van der Waals surface area contributed by atoms with Crippen LogP contribution < -0.4 is 4.90 Å². The first-order valence-corrected chi connectivity index (χ1v) is 6.41. The topological polar surface area (TPSA) is 66.5 Å². The van der Waals surface area contributed by atoms with Gasteiger partial charge in [-0.15, -0.1) is 0 Å². The van der Waals surface area contributed by atoms with Crippen molar-refractivity contribution in [3.05, 3.63) is 17.5 Å². The highest BCUT2D eigenvalue weighted by Gasteiger charge is 2.24. The Bertz CT molecular complexity index is 557. The molecule has 0 bridgehead atoms. The molecule has 6 nitrogen and oxygen atoms in total. The van der Waals surface area contributed by atoms with Gasteiger partial charge in [-0.05, 0) is 19.3 Å². The molecule has 1 unspecified atom stereocenters. The zero-order valence-electron chi connectivity index (χ0n) is 9.83. The maximum absolute atomic E-state index is 9.48. The molecule has 3 heterocycles. The van der Waals surface area contributed by atoms with Crippen molar-refractivity contribution in [2.75, 3.05) is 18.1 Å². The number of piperidine rings is 1. The van der Waals surface area contributed by atoms with Crippen LogP contribution in [0.3, 0.4) is 0 Å². The van der Waals surface area contributed by atoms with Gasteiger partial charge in [0.05, 0.1) is 12.6 Å². The summed E-state index contributed by atoms with van der Waals surface area (Å²) in [5.41, 5.74) is 0. The molecule has 0 spiro atoms. The summed E-state index contributed by atoms with van der Waals surface area (Å²) in [5, 5.41) is 14.0. The minimum absolute atomic E-state index is 0.115. The van der Waals surface area contributed by atoms with E-state index in [4.69, 9.17) is 11.6 Å². The van der Waals surface area contributed by atoms with E-state index >= 15 is 0 Å². The van der Waals surface area contributed by atoms with E-state index in [1.54, 1.807) is 10.6 Å². The minimum Gasteiger partial charge on any atom is -0.394 e. The van der Waals surface area contributed by atoms with E-state index in [2.05, 4.69) is 20.0 Å². The Labute approximate surface area is 109 Å². The second-order valence-corrected chi connectivity index (χ2v) is 4.82. The van der Waals surface area contributed by atoms with Crippen LogP contribution in [0.15, 0.2) is 12.4 Å². The second kappa shape index (κ2) is 4.70. The summed E-state index contributed by atoms with van der Waals surface area (Å²) in [6, 6.07) is 1.89. The molecule has 1 N–H and O–H groups in total. The van der Waals surface area contributed by atoms with Gasteiger partial charge in [0.1, 0.15) is 17.3 Å². The Hall–Kier alpha value is -1.40. The molecule has 18 heavy (non-hydrogen) atoms. The Kier molecular flexibility index (Phi) is 3.05. The summed E-state index contributed by atoms with van der Waals surface area (Å²) >= 11 is 6.01. The number of hydrogen-bond acceptors (Lipinski definition) is 5. The zero-order valence-corrected chi connectivity index (χ0v) is 10.6. The monoisotopic (exact) mass is 267 g/mol. The number of anilines is 1. The molecule has 0 aliphatic carbocycles. The number of rotatable bonds is 2. The lowest BCUT2D eigenvalue weighted by Gasteiger charge is -2.36. The van der Waals surface area contributed by atoms with Gasteiger partial charge in [0.15, 0.2) is 0 Å². The lowest BCUT2D eigenvalue weighted by molar-refractivity contribution is 0.239. The van der Waals surface area contributed by atoms with Crippen LogP contribution in [-0.2, 0) is 0 Å². The quantitative estimate of drug-likeness (QED) is 0.827. The van der Waals surface area contributed by atoms with Gasteiger partial charge >= 0.3 is 0 Å². The van der Waals surface area contributed by atoms with Crippen LogP contribution in [-0.4, -0.2) is 43.9 Å². The van der Waals surface area contributed by atoms with E-state index < -0.39 is 0 Å². The molecule has 1 aliphatic rings. The molecule has 1 saturated heterocycles. The van der Waals surface area contributed by atoms with Gasteiger partial charge in [-0.1, -0.05) is 11.6 Å². The number of fused-ring (bicyclic) bond motifs is 1. The predicted molar refractivity (Wildman–Crippen MR) is 67.9 cm³/mol. The molecule has 0 saturated carbocycles. The van der Waals surface area contributed by atoms with Crippen LogP contribution in [0.25, 0.3) is 5.78 Å². The standard InChI is InChI=1S/C11H14ClN5O/c12-9-5-10(17-11(15-9)13-7-14-17)16-4-2-1-3-8(16)6-18/h5,7-8,18H,1-4,6H2. The van der Waals surface area contributed by atoms with Crippen molar-refractivity contribution in [3.8, 4) is 0 Å². The molecule has 2 aromatic heterocycles. The van der Waals surface area contributed by atoms with E-state index in [9.17, 15) is 5.11 Å². The highest BCUT2D eigenvalue weighted by molar-refractivity contribution is 6.29. The summed E-state index contributed by atoms with van der Waals surface area (Å²) in [6.45, 7) is 1.02. The molecule has 3 rings (SSSR count).